The Hall–Kier alpha value is -1.15. The van der Waals surface area contributed by atoms with Crippen LogP contribution in [0.5, 0.6) is 0 Å². The Morgan fingerprint density at radius 2 is 1.87 bits per heavy atom. The first kappa shape index (κ1) is 18.2. The Balaban J connectivity index is 2.32. The minimum Gasteiger partial charge on any atom is -0.478 e. The number of carboxylic acids is 1. The lowest BCUT2D eigenvalue weighted by Gasteiger charge is -2.32. The molecule has 2 rings (SSSR count). The second-order valence-corrected chi connectivity index (χ2v) is 7.41. The minimum atomic E-state index is -0.966. The predicted octanol–water partition coefficient (Wildman–Crippen LogP) is 3.12. The summed E-state index contributed by atoms with van der Waals surface area (Å²) in [4.78, 5) is 11.0. The summed E-state index contributed by atoms with van der Waals surface area (Å²) in [7, 11) is -0.518. The molecule has 0 aliphatic carbocycles. The van der Waals surface area contributed by atoms with Crippen LogP contribution in [-0.4, -0.2) is 35.9 Å². The fourth-order valence-corrected chi connectivity index (χ4v) is 2.69. The molecule has 1 aliphatic rings. The van der Waals surface area contributed by atoms with Crippen molar-refractivity contribution in [2.24, 2.45) is 5.73 Å². The van der Waals surface area contributed by atoms with Gasteiger partial charge >= 0.3 is 13.1 Å². The first-order valence-corrected chi connectivity index (χ1v) is 8.16. The van der Waals surface area contributed by atoms with Gasteiger partial charge in [-0.2, -0.15) is 0 Å². The smallest absolute Gasteiger partial charge is 0.478 e. The topological polar surface area (TPSA) is 81.8 Å². The van der Waals surface area contributed by atoms with Crippen molar-refractivity contribution in [2.75, 3.05) is 6.54 Å². The van der Waals surface area contributed by atoms with Crippen molar-refractivity contribution in [1.82, 2.24) is 0 Å². The maximum atomic E-state index is 11.0. The lowest BCUT2D eigenvalue weighted by molar-refractivity contribution is 0.00578. The number of carboxylic acid groups (broad SMARTS) is 1. The van der Waals surface area contributed by atoms with E-state index in [4.69, 9.17) is 20.1 Å². The molecule has 0 unspecified atom stereocenters. The molecule has 1 aliphatic heterocycles. The summed E-state index contributed by atoms with van der Waals surface area (Å²) in [5.74, 6) is -0.966. The number of hydrogen-bond donors (Lipinski definition) is 2. The molecule has 23 heavy (non-hydrogen) atoms. The summed E-state index contributed by atoms with van der Waals surface area (Å²) < 4.78 is 12.7. The molecule has 1 fully saturated rings. The maximum absolute atomic E-state index is 11.0. The number of hydrogen-bond acceptors (Lipinski definition) is 4. The molecule has 0 radical (unpaired) electrons. The van der Waals surface area contributed by atoms with Crippen LogP contribution in [0.2, 0.25) is 0 Å². The van der Waals surface area contributed by atoms with Crippen molar-refractivity contribution >= 4 is 35.1 Å². The Kier molecular flexibility index (Phi) is 5.06. The van der Waals surface area contributed by atoms with E-state index in [1.54, 1.807) is 18.2 Å². The summed E-state index contributed by atoms with van der Waals surface area (Å²) in [5.41, 5.74) is 6.84. The van der Waals surface area contributed by atoms with Crippen LogP contribution in [-0.2, 0) is 9.31 Å². The molecule has 5 nitrogen and oxygen atoms in total. The summed E-state index contributed by atoms with van der Waals surface area (Å²) in [6.07, 6.45) is 1.87. The second kappa shape index (κ2) is 6.40. The van der Waals surface area contributed by atoms with Gasteiger partial charge in [0.15, 0.2) is 0 Å². The third kappa shape index (κ3) is 3.69. The van der Waals surface area contributed by atoms with E-state index in [-0.39, 0.29) is 12.1 Å². The monoisotopic (exact) mass is 381 g/mol. The number of halogens is 1. The molecule has 1 aromatic rings. The zero-order valence-corrected chi connectivity index (χ0v) is 15.3. The Morgan fingerprint density at radius 1 is 1.30 bits per heavy atom. The second-order valence-electron chi connectivity index (χ2n) is 6.55. The van der Waals surface area contributed by atoms with E-state index in [0.29, 0.717) is 4.47 Å². The number of nitrogens with two attached hydrogens (primary N) is 1. The van der Waals surface area contributed by atoms with E-state index in [1.165, 1.54) is 0 Å². The highest BCUT2D eigenvalue weighted by Gasteiger charge is 2.52. The molecule has 0 saturated carbocycles. The van der Waals surface area contributed by atoms with E-state index in [2.05, 4.69) is 15.9 Å². The number of aromatic carboxylic acids is 1. The average molecular weight is 382 g/mol. The van der Waals surface area contributed by atoms with Crippen molar-refractivity contribution in [2.45, 2.75) is 38.9 Å². The first-order chi connectivity index (χ1) is 10.6. The number of carbonyl (C=O) groups is 1. The molecular formula is C16H21BBrNO4. The molecule has 0 bridgehead atoms. The lowest BCUT2D eigenvalue weighted by atomic mass is 9.77. The Morgan fingerprint density at radius 3 is 2.30 bits per heavy atom. The molecule has 7 heteroatoms. The van der Waals surface area contributed by atoms with Gasteiger partial charge < -0.3 is 20.1 Å². The van der Waals surface area contributed by atoms with Crippen molar-refractivity contribution < 1.29 is 19.2 Å². The van der Waals surface area contributed by atoms with E-state index in [1.807, 2.05) is 33.8 Å². The summed E-state index contributed by atoms with van der Waals surface area (Å²) in [5, 5.41) is 9.02. The van der Waals surface area contributed by atoms with Crippen molar-refractivity contribution in [3.63, 3.8) is 0 Å². The SMILES string of the molecule is CC1(C)OB(C(=Cc2ccc(C(=O)O)cc2Br)CN)OC1(C)C. The normalized spacial score (nSPS) is 19.9. The third-order valence-electron chi connectivity index (χ3n) is 4.38. The average Bonchev–Trinajstić information content (AvgIpc) is 2.65. The zero-order valence-electron chi connectivity index (χ0n) is 13.7. The minimum absolute atomic E-state index is 0.221. The summed E-state index contributed by atoms with van der Waals surface area (Å²) in [6.45, 7) is 8.22. The van der Waals surface area contributed by atoms with Gasteiger partial charge in [-0.15, -0.1) is 0 Å². The fourth-order valence-electron chi connectivity index (χ4n) is 2.19. The van der Waals surface area contributed by atoms with E-state index < -0.39 is 24.3 Å². The standard InChI is InChI=1S/C16H21BBrNO4/c1-15(2)16(3,4)23-17(22-15)12(9-19)7-10-5-6-11(14(20)21)8-13(10)18/h5-8H,9,19H2,1-4H3,(H,20,21). The van der Waals surface area contributed by atoms with Gasteiger partial charge in [0.2, 0.25) is 0 Å². The molecular weight excluding hydrogens is 361 g/mol. The van der Waals surface area contributed by atoms with Crippen LogP contribution in [0.15, 0.2) is 28.1 Å². The molecule has 1 aromatic carbocycles. The molecule has 1 saturated heterocycles. The van der Waals surface area contributed by atoms with Gasteiger partial charge in [-0.3, -0.25) is 0 Å². The quantitative estimate of drug-likeness (QED) is 0.783. The molecule has 0 spiro atoms. The van der Waals surface area contributed by atoms with Crippen molar-refractivity contribution in [3.8, 4) is 0 Å². The van der Waals surface area contributed by atoms with Gasteiger partial charge in [0.1, 0.15) is 0 Å². The number of rotatable bonds is 4. The van der Waals surface area contributed by atoms with E-state index in [0.717, 1.165) is 11.0 Å². The van der Waals surface area contributed by atoms with Crippen LogP contribution in [0.4, 0.5) is 0 Å². The van der Waals surface area contributed by atoms with Crippen molar-refractivity contribution in [1.29, 1.82) is 0 Å². The zero-order chi connectivity index (χ0) is 17.4. The Labute approximate surface area is 145 Å². The molecule has 0 aromatic heterocycles. The molecule has 124 valence electrons. The highest BCUT2D eigenvalue weighted by molar-refractivity contribution is 9.10. The molecule has 3 N–H and O–H groups in total. The summed E-state index contributed by atoms with van der Waals surface area (Å²) >= 11 is 3.40. The van der Waals surface area contributed by atoms with Crippen LogP contribution in [0.25, 0.3) is 6.08 Å². The van der Waals surface area contributed by atoms with Crippen LogP contribution >= 0.6 is 15.9 Å². The number of benzene rings is 1. The van der Waals surface area contributed by atoms with Crippen LogP contribution in [0.1, 0.15) is 43.6 Å². The molecule has 1 heterocycles. The van der Waals surface area contributed by atoms with Gasteiger partial charge in [0.25, 0.3) is 0 Å². The van der Waals surface area contributed by atoms with Crippen LogP contribution in [0, 0.1) is 0 Å². The van der Waals surface area contributed by atoms with Gasteiger partial charge in [0.05, 0.1) is 16.8 Å². The highest BCUT2D eigenvalue weighted by Crippen LogP contribution is 2.38. The fraction of sp³-hybridized carbons (Fsp3) is 0.438. The Bertz CT molecular complexity index is 641. The predicted molar refractivity (Wildman–Crippen MR) is 94.2 cm³/mol. The lowest BCUT2D eigenvalue weighted by Crippen LogP contribution is -2.41. The maximum Gasteiger partial charge on any atom is 0.491 e. The van der Waals surface area contributed by atoms with Gasteiger partial charge in [-0.25, -0.2) is 4.79 Å². The highest BCUT2D eigenvalue weighted by atomic mass is 79.9. The van der Waals surface area contributed by atoms with Gasteiger partial charge in [-0.05, 0) is 50.9 Å². The van der Waals surface area contributed by atoms with E-state index in [9.17, 15) is 4.79 Å². The van der Waals surface area contributed by atoms with Gasteiger partial charge in [0, 0.05) is 11.0 Å². The van der Waals surface area contributed by atoms with Crippen LogP contribution in [0.3, 0.4) is 0 Å². The largest absolute Gasteiger partial charge is 0.491 e. The molecule has 0 atom stereocenters. The summed E-state index contributed by atoms with van der Waals surface area (Å²) in [6, 6.07) is 4.85. The third-order valence-corrected chi connectivity index (χ3v) is 5.07. The first-order valence-electron chi connectivity index (χ1n) is 7.36. The van der Waals surface area contributed by atoms with E-state index >= 15 is 0 Å². The van der Waals surface area contributed by atoms with Crippen molar-refractivity contribution in [3.05, 3.63) is 39.3 Å². The molecule has 0 amide bonds. The van der Waals surface area contributed by atoms with Gasteiger partial charge in [-0.1, -0.05) is 28.1 Å². The van der Waals surface area contributed by atoms with Crippen LogP contribution < -0.4 is 5.73 Å².